The summed E-state index contributed by atoms with van der Waals surface area (Å²) in [6.45, 7) is 3.28. The van der Waals surface area contributed by atoms with Crippen LogP contribution in [0.4, 0.5) is 0 Å². The highest BCUT2D eigenvalue weighted by Gasteiger charge is 2.00. The Hall–Kier alpha value is -0.0300. The van der Waals surface area contributed by atoms with Gasteiger partial charge in [0, 0.05) is 22.1 Å². The summed E-state index contributed by atoms with van der Waals surface area (Å²) in [6, 6.07) is 4.50. The van der Waals surface area contributed by atoms with E-state index in [1.807, 2.05) is 23.1 Å². The molecule has 82 valence electrons. The molecule has 0 unspecified atom stereocenters. The Labute approximate surface area is 95.3 Å². The molecule has 1 aromatic heterocycles. The van der Waals surface area contributed by atoms with E-state index in [1.165, 1.54) is 21.3 Å². The molecule has 0 amide bonds. The molecule has 14 heavy (non-hydrogen) atoms. The maximum absolute atomic E-state index is 2.26. The van der Waals surface area contributed by atoms with Crippen molar-refractivity contribution in [3.05, 3.63) is 21.9 Å². The lowest BCUT2D eigenvalue weighted by Crippen LogP contribution is -2.09. The molecule has 1 rings (SSSR count). The second-order valence-corrected chi connectivity index (χ2v) is 5.77. The maximum Gasteiger partial charge on any atom is 0.0321 e. The molecule has 0 spiro atoms. The summed E-state index contributed by atoms with van der Waals surface area (Å²) < 4.78 is 0. The first-order chi connectivity index (χ1) is 6.22. The smallest absolute Gasteiger partial charge is 0.0321 e. The number of hydrogen-bond acceptors (Lipinski definition) is 4. The van der Waals surface area contributed by atoms with E-state index in [0.717, 1.165) is 6.54 Å². The maximum atomic E-state index is 2.26. The van der Waals surface area contributed by atoms with Crippen LogP contribution in [0.15, 0.2) is 12.1 Å². The van der Waals surface area contributed by atoms with Crippen LogP contribution in [0.3, 0.4) is 0 Å². The lowest BCUT2D eigenvalue weighted by molar-refractivity contribution is 0.406. The molecule has 0 bridgehead atoms. The summed E-state index contributed by atoms with van der Waals surface area (Å²) in [5.41, 5.74) is 0. The van der Waals surface area contributed by atoms with Crippen molar-refractivity contribution < 1.29 is 0 Å². The number of hydrogen-bond donors (Lipinski definition) is 1. The highest BCUT2D eigenvalue weighted by atomic mass is 32.2. The second-order valence-electron chi connectivity index (χ2n) is 3.24. The van der Waals surface area contributed by atoms with E-state index >= 15 is 0 Å². The van der Waals surface area contributed by atoms with E-state index in [2.05, 4.69) is 38.1 Å². The molecule has 2 nitrogen and oxygen atoms in total. The third kappa shape index (κ3) is 5.00. The van der Waals surface area contributed by atoms with Crippen molar-refractivity contribution in [3.63, 3.8) is 0 Å². The largest absolute Gasteiger partial charge is 0.344 e. The predicted octanol–water partition coefficient (Wildman–Crippen LogP) is 3.22. The predicted molar refractivity (Wildman–Crippen MR) is 68.6 cm³/mol. The summed E-state index contributed by atoms with van der Waals surface area (Å²) in [5.74, 6) is 2.38. The molecule has 0 saturated heterocycles. The van der Waals surface area contributed by atoms with Crippen molar-refractivity contribution >= 4 is 23.1 Å². The van der Waals surface area contributed by atoms with Crippen molar-refractivity contribution in [2.24, 2.45) is 0 Å². The van der Waals surface area contributed by atoms with Crippen molar-refractivity contribution in [2.45, 2.75) is 19.2 Å². The van der Waals surface area contributed by atoms with E-state index in [1.54, 1.807) is 0 Å². The zero-order valence-electron chi connectivity index (χ0n) is 9.25. The average molecular weight is 232 g/mol. The van der Waals surface area contributed by atoms with Gasteiger partial charge in [-0.15, -0.1) is 11.3 Å². The molecule has 0 fully saturated rings. The molecule has 3 N–H and O–H groups in total. The summed E-state index contributed by atoms with van der Waals surface area (Å²) in [6.07, 6.45) is 0. The van der Waals surface area contributed by atoms with Gasteiger partial charge in [0.15, 0.2) is 0 Å². The highest BCUT2D eigenvalue weighted by Crippen LogP contribution is 2.22. The van der Waals surface area contributed by atoms with Crippen LogP contribution in [0.5, 0.6) is 0 Å². The molecule has 0 aliphatic carbocycles. The zero-order valence-corrected chi connectivity index (χ0v) is 10.9. The Kier molecular flexibility index (Phi) is 7.27. The third-order valence-electron chi connectivity index (χ3n) is 1.64. The Morgan fingerprint density at radius 1 is 1.29 bits per heavy atom. The van der Waals surface area contributed by atoms with Crippen LogP contribution in [0.1, 0.15) is 16.7 Å². The minimum atomic E-state index is 0. The Morgan fingerprint density at radius 2 is 1.93 bits per heavy atom. The Bertz CT molecular complexity index is 246. The van der Waals surface area contributed by atoms with Crippen LogP contribution in [0.2, 0.25) is 0 Å². The van der Waals surface area contributed by atoms with E-state index in [-0.39, 0.29) is 6.15 Å². The molecular formula is C10H20N2S2. The quantitative estimate of drug-likeness (QED) is 0.847. The molecule has 0 aromatic carbocycles. The highest BCUT2D eigenvalue weighted by molar-refractivity contribution is 7.98. The Morgan fingerprint density at radius 3 is 2.50 bits per heavy atom. The van der Waals surface area contributed by atoms with Crippen LogP contribution in [-0.2, 0) is 12.3 Å². The van der Waals surface area contributed by atoms with Crippen molar-refractivity contribution in [2.75, 3.05) is 19.8 Å². The van der Waals surface area contributed by atoms with Crippen molar-refractivity contribution in [1.29, 1.82) is 0 Å². The van der Waals surface area contributed by atoms with Crippen LogP contribution >= 0.6 is 23.1 Å². The lowest BCUT2D eigenvalue weighted by atomic mass is 10.4. The summed E-state index contributed by atoms with van der Waals surface area (Å²) in [4.78, 5) is 5.18. The number of nitrogens with zero attached hydrogens (tertiary/aromatic N) is 1. The van der Waals surface area contributed by atoms with E-state index in [9.17, 15) is 0 Å². The van der Waals surface area contributed by atoms with E-state index in [4.69, 9.17) is 0 Å². The summed E-state index contributed by atoms with van der Waals surface area (Å²) >= 11 is 3.93. The standard InChI is InChI=1S/C10H17NS2.H3N/c1-4-12-8-10-6-5-9(13-10)7-11(2)3;/h5-6H,4,7-8H2,1-3H3;1H3. The molecule has 0 aliphatic rings. The van der Waals surface area contributed by atoms with Gasteiger partial charge in [0.1, 0.15) is 0 Å². The fourth-order valence-corrected chi connectivity index (χ4v) is 3.02. The first-order valence-corrected chi connectivity index (χ1v) is 6.49. The minimum absolute atomic E-state index is 0. The SMILES string of the molecule is CCSCc1ccc(CN(C)C)s1.N. The van der Waals surface area contributed by atoms with E-state index < -0.39 is 0 Å². The van der Waals surface area contributed by atoms with Gasteiger partial charge in [-0.25, -0.2) is 0 Å². The van der Waals surface area contributed by atoms with Crippen molar-refractivity contribution in [1.82, 2.24) is 11.1 Å². The number of rotatable bonds is 5. The van der Waals surface area contributed by atoms with Gasteiger partial charge in [0.05, 0.1) is 0 Å². The van der Waals surface area contributed by atoms with Gasteiger partial charge in [-0.05, 0) is 32.0 Å². The molecule has 4 heteroatoms. The fourth-order valence-electron chi connectivity index (χ4n) is 1.10. The molecule has 0 radical (unpaired) electrons. The van der Waals surface area contributed by atoms with Gasteiger partial charge in [-0.2, -0.15) is 11.8 Å². The summed E-state index contributed by atoms with van der Waals surface area (Å²) in [7, 11) is 4.22. The first-order valence-electron chi connectivity index (χ1n) is 4.52. The normalized spacial score (nSPS) is 10.3. The van der Waals surface area contributed by atoms with Gasteiger partial charge in [-0.3, -0.25) is 0 Å². The third-order valence-corrected chi connectivity index (χ3v) is 3.81. The van der Waals surface area contributed by atoms with Gasteiger partial charge < -0.3 is 11.1 Å². The first kappa shape index (κ1) is 14.0. The fraction of sp³-hybridized carbons (Fsp3) is 0.600. The Balaban J connectivity index is 0.00000169. The molecule has 0 aliphatic heterocycles. The monoisotopic (exact) mass is 232 g/mol. The summed E-state index contributed by atoms with van der Waals surface area (Å²) in [5, 5.41) is 0. The van der Waals surface area contributed by atoms with Gasteiger partial charge in [-0.1, -0.05) is 6.92 Å². The topological polar surface area (TPSA) is 38.2 Å². The van der Waals surface area contributed by atoms with Crippen molar-refractivity contribution in [3.8, 4) is 0 Å². The molecular weight excluding hydrogens is 212 g/mol. The molecule has 0 atom stereocenters. The van der Waals surface area contributed by atoms with Crippen LogP contribution in [0.25, 0.3) is 0 Å². The molecule has 1 aromatic rings. The number of thioether (sulfide) groups is 1. The van der Waals surface area contributed by atoms with Gasteiger partial charge >= 0.3 is 0 Å². The van der Waals surface area contributed by atoms with Crippen LogP contribution in [-0.4, -0.2) is 24.7 Å². The molecule has 1 heterocycles. The second kappa shape index (κ2) is 7.29. The van der Waals surface area contributed by atoms with Gasteiger partial charge in [0.2, 0.25) is 0 Å². The van der Waals surface area contributed by atoms with Crippen LogP contribution in [0, 0.1) is 0 Å². The van der Waals surface area contributed by atoms with Gasteiger partial charge in [0.25, 0.3) is 0 Å². The molecule has 0 saturated carbocycles. The van der Waals surface area contributed by atoms with E-state index in [0.29, 0.717) is 0 Å². The lowest BCUT2D eigenvalue weighted by Gasteiger charge is -2.05. The number of thiophene rings is 1. The zero-order chi connectivity index (χ0) is 9.68. The van der Waals surface area contributed by atoms with Crippen LogP contribution < -0.4 is 6.15 Å². The minimum Gasteiger partial charge on any atom is -0.344 e. The average Bonchev–Trinajstić information content (AvgIpc) is 2.48.